The van der Waals surface area contributed by atoms with Gasteiger partial charge in [-0.05, 0) is 18.3 Å². The van der Waals surface area contributed by atoms with Crippen molar-refractivity contribution < 1.29 is 32.7 Å². The Balaban J connectivity index is 4.07. The number of carbonyl (C=O) groups is 1. The number of hydrogen-bond acceptors (Lipinski definition) is 6. The van der Waals surface area contributed by atoms with E-state index in [1.54, 1.807) is 0 Å². The molecule has 0 amide bonds. The van der Waals surface area contributed by atoms with Crippen LogP contribution < -0.4 is 4.89 Å². The van der Waals surface area contributed by atoms with Gasteiger partial charge < -0.3 is 27.9 Å². The summed E-state index contributed by atoms with van der Waals surface area (Å²) >= 11 is 0. The summed E-state index contributed by atoms with van der Waals surface area (Å²) in [6.07, 6.45) is 15.2. The van der Waals surface area contributed by atoms with Crippen molar-refractivity contribution in [3.8, 4) is 0 Å². The molecule has 0 aromatic rings. The third kappa shape index (κ3) is 23.9. The highest BCUT2D eigenvalue weighted by molar-refractivity contribution is 7.51. The van der Waals surface area contributed by atoms with E-state index in [-0.39, 0.29) is 19.4 Å². The van der Waals surface area contributed by atoms with Crippen LogP contribution in [0, 0.1) is 11.8 Å². The van der Waals surface area contributed by atoms with Crippen molar-refractivity contribution in [2.45, 2.75) is 111 Å². The molecular formula is C28H58NO6P. The topological polar surface area (TPSA) is 84.9 Å². The van der Waals surface area contributed by atoms with Crippen molar-refractivity contribution in [3.05, 3.63) is 0 Å². The van der Waals surface area contributed by atoms with E-state index < -0.39 is 19.7 Å². The molecule has 4 unspecified atom stereocenters. The van der Waals surface area contributed by atoms with E-state index in [1.807, 2.05) is 21.1 Å². The number of rotatable bonds is 24. The Morgan fingerprint density at radius 2 is 1.42 bits per heavy atom. The molecule has 0 heterocycles. The van der Waals surface area contributed by atoms with Crippen LogP contribution in [-0.2, 0) is 23.4 Å². The lowest BCUT2D eigenvalue weighted by atomic mass is 9.93. The second-order valence-electron chi connectivity index (χ2n) is 11.8. The first kappa shape index (κ1) is 35.5. The maximum absolute atomic E-state index is 12.2. The number of esters is 1. The van der Waals surface area contributed by atoms with E-state index in [0.29, 0.717) is 29.5 Å². The first-order valence-electron chi connectivity index (χ1n) is 14.3. The molecule has 0 saturated carbocycles. The molecule has 0 aliphatic rings. The molecule has 36 heavy (non-hydrogen) atoms. The quantitative estimate of drug-likeness (QED) is 0.0635. The summed E-state index contributed by atoms with van der Waals surface area (Å²) in [5, 5.41) is 0. The van der Waals surface area contributed by atoms with Crippen molar-refractivity contribution >= 4 is 13.6 Å². The molecule has 0 radical (unpaired) electrons. The van der Waals surface area contributed by atoms with Gasteiger partial charge >= 0.3 is 5.97 Å². The predicted molar refractivity (Wildman–Crippen MR) is 147 cm³/mol. The van der Waals surface area contributed by atoms with Gasteiger partial charge in [-0.25, -0.2) is 0 Å². The number of quaternary nitrogens is 1. The van der Waals surface area contributed by atoms with Crippen LogP contribution in [0.4, 0.5) is 0 Å². The van der Waals surface area contributed by atoms with Gasteiger partial charge in [0.25, 0.3) is 0 Å². The van der Waals surface area contributed by atoms with Crippen LogP contribution >= 0.6 is 7.60 Å². The zero-order chi connectivity index (χ0) is 27.5. The van der Waals surface area contributed by atoms with Crippen LogP contribution in [0.3, 0.4) is 0 Å². The first-order valence-corrected chi connectivity index (χ1v) is 16.1. The zero-order valence-corrected chi connectivity index (χ0v) is 25.5. The van der Waals surface area contributed by atoms with E-state index in [0.717, 1.165) is 6.42 Å². The van der Waals surface area contributed by atoms with Crippen molar-refractivity contribution in [1.82, 2.24) is 0 Å². The van der Waals surface area contributed by atoms with Gasteiger partial charge in [-0.1, -0.05) is 91.4 Å². The highest BCUT2D eigenvalue weighted by atomic mass is 31.2. The van der Waals surface area contributed by atoms with E-state index in [1.165, 1.54) is 77.6 Å². The Labute approximate surface area is 222 Å². The minimum Gasteiger partial charge on any atom is -0.778 e. The first-order chi connectivity index (χ1) is 16.8. The molecule has 0 saturated heterocycles. The average molecular weight is 536 g/mol. The number of nitrogens with zero attached hydrogens (tertiary/aromatic N) is 1. The summed E-state index contributed by atoms with van der Waals surface area (Å²) in [6, 6.07) is 0. The van der Waals surface area contributed by atoms with Crippen LogP contribution in [0.1, 0.15) is 105 Å². The largest absolute Gasteiger partial charge is 0.778 e. The van der Waals surface area contributed by atoms with E-state index in [9.17, 15) is 14.3 Å². The molecule has 8 heteroatoms. The SMILES string of the molecule is CCCCCCCCCCCCC(C)CC(C)COCC(COP(=O)([O-])CC[N+](C)(C)C)OC(C)=O. The highest BCUT2D eigenvalue weighted by Gasteiger charge is 2.20. The standard InChI is InChI=1S/C28H58NO6P/c1-8-9-10-11-12-13-14-15-16-17-18-25(2)21-26(3)22-33-23-28(35-27(4)30)24-34-36(31,32)20-19-29(5,6)7/h25-26,28H,8-24H2,1-7H3. The molecule has 0 aromatic heterocycles. The Bertz CT molecular complexity index is 595. The molecule has 0 aromatic carbocycles. The van der Waals surface area contributed by atoms with Gasteiger partial charge in [0, 0.05) is 13.5 Å². The number of hydrogen-bond donors (Lipinski definition) is 0. The van der Waals surface area contributed by atoms with Crippen LogP contribution in [0.5, 0.6) is 0 Å². The lowest BCUT2D eigenvalue weighted by Gasteiger charge is -2.30. The van der Waals surface area contributed by atoms with Crippen LogP contribution in [0.15, 0.2) is 0 Å². The number of unbranched alkanes of at least 4 members (excludes halogenated alkanes) is 9. The van der Waals surface area contributed by atoms with Crippen molar-refractivity contribution in [1.29, 1.82) is 0 Å². The van der Waals surface area contributed by atoms with Gasteiger partial charge in [0.1, 0.15) is 13.7 Å². The van der Waals surface area contributed by atoms with E-state index in [4.69, 9.17) is 14.0 Å². The molecule has 0 N–H and O–H groups in total. The fourth-order valence-electron chi connectivity index (χ4n) is 4.29. The van der Waals surface area contributed by atoms with Crippen molar-refractivity contribution in [3.63, 3.8) is 0 Å². The maximum Gasteiger partial charge on any atom is 0.303 e. The van der Waals surface area contributed by atoms with Crippen molar-refractivity contribution in [2.75, 3.05) is 53.7 Å². The molecule has 0 bridgehead atoms. The minimum absolute atomic E-state index is 0.0574. The molecule has 0 fully saturated rings. The summed E-state index contributed by atoms with van der Waals surface area (Å²) in [5.74, 6) is 0.562. The normalized spacial score (nSPS) is 16.3. The van der Waals surface area contributed by atoms with Crippen LogP contribution in [0.2, 0.25) is 0 Å². The third-order valence-electron chi connectivity index (χ3n) is 6.40. The Kier molecular flexibility index (Phi) is 20.2. The van der Waals surface area contributed by atoms with Crippen LogP contribution in [0.25, 0.3) is 0 Å². The molecule has 0 aliphatic carbocycles. The van der Waals surface area contributed by atoms with E-state index in [2.05, 4.69) is 20.8 Å². The second-order valence-corrected chi connectivity index (χ2v) is 13.8. The fraction of sp³-hybridized carbons (Fsp3) is 0.964. The molecule has 216 valence electrons. The molecule has 7 nitrogen and oxygen atoms in total. The van der Waals surface area contributed by atoms with Gasteiger partial charge in [-0.2, -0.15) is 0 Å². The minimum atomic E-state index is -4.00. The van der Waals surface area contributed by atoms with Gasteiger partial charge in [0.2, 0.25) is 0 Å². The predicted octanol–water partition coefficient (Wildman–Crippen LogP) is 6.18. The van der Waals surface area contributed by atoms with E-state index >= 15 is 0 Å². The molecular weight excluding hydrogens is 477 g/mol. The fourth-order valence-corrected chi connectivity index (χ4v) is 5.66. The third-order valence-corrected chi connectivity index (χ3v) is 7.69. The van der Waals surface area contributed by atoms with Gasteiger partial charge in [0.15, 0.2) is 0 Å². The second kappa shape index (κ2) is 20.5. The summed E-state index contributed by atoms with van der Waals surface area (Å²) in [5.41, 5.74) is 0. The summed E-state index contributed by atoms with van der Waals surface area (Å²) < 4.78 is 28.9. The molecule has 4 atom stereocenters. The lowest BCUT2D eigenvalue weighted by Crippen LogP contribution is -2.38. The number of carbonyl (C=O) groups excluding carboxylic acids is 1. The number of ether oxygens (including phenoxy) is 2. The monoisotopic (exact) mass is 535 g/mol. The van der Waals surface area contributed by atoms with Gasteiger partial charge in [-0.3, -0.25) is 4.79 Å². The summed E-state index contributed by atoms with van der Waals surface area (Å²) in [6.45, 7) is 8.97. The maximum atomic E-state index is 12.2. The molecule has 0 aliphatic heterocycles. The highest BCUT2D eigenvalue weighted by Crippen LogP contribution is 2.37. The Morgan fingerprint density at radius 3 is 1.94 bits per heavy atom. The molecule has 0 rings (SSSR count). The summed E-state index contributed by atoms with van der Waals surface area (Å²) in [7, 11) is 1.78. The van der Waals surface area contributed by atoms with Crippen LogP contribution in [-0.4, -0.2) is 70.2 Å². The Morgan fingerprint density at radius 1 is 0.861 bits per heavy atom. The van der Waals surface area contributed by atoms with Gasteiger partial charge in [0.05, 0.1) is 47.1 Å². The summed E-state index contributed by atoms with van der Waals surface area (Å²) in [4.78, 5) is 23.6. The van der Waals surface area contributed by atoms with Gasteiger partial charge in [-0.15, -0.1) is 0 Å². The average Bonchev–Trinajstić information content (AvgIpc) is 2.76. The Hall–Kier alpha value is -0.460. The lowest BCUT2D eigenvalue weighted by molar-refractivity contribution is -0.868. The zero-order valence-electron chi connectivity index (χ0n) is 24.6. The molecule has 0 spiro atoms. The van der Waals surface area contributed by atoms with Crippen molar-refractivity contribution in [2.24, 2.45) is 11.8 Å². The smallest absolute Gasteiger partial charge is 0.303 e.